The number of rotatable bonds is 5. The molecule has 0 radical (unpaired) electrons. The SMILES string of the molecule is CCCC(N)CS(=O)(=O)c1cccs1. The minimum atomic E-state index is -3.14. The van der Waals surface area contributed by atoms with Crippen LogP contribution < -0.4 is 5.73 Å². The first-order chi connectivity index (χ1) is 6.56. The average molecular weight is 233 g/mol. The van der Waals surface area contributed by atoms with Gasteiger partial charge in [0.25, 0.3) is 0 Å². The topological polar surface area (TPSA) is 60.2 Å². The fraction of sp³-hybridized carbons (Fsp3) is 0.556. The number of nitrogens with two attached hydrogens (primary N) is 1. The van der Waals surface area contributed by atoms with Gasteiger partial charge in [0.2, 0.25) is 0 Å². The molecule has 0 bridgehead atoms. The van der Waals surface area contributed by atoms with Crippen molar-refractivity contribution in [1.29, 1.82) is 0 Å². The lowest BCUT2D eigenvalue weighted by molar-refractivity contribution is 0.579. The molecule has 0 aliphatic carbocycles. The normalized spacial score (nSPS) is 14.1. The molecule has 0 saturated carbocycles. The van der Waals surface area contributed by atoms with Crippen LogP contribution in [0.5, 0.6) is 0 Å². The molecule has 14 heavy (non-hydrogen) atoms. The van der Waals surface area contributed by atoms with Gasteiger partial charge in [-0.1, -0.05) is 19.4 Å². The molecule has 1 atom stereocenters. The van der Waals surface area contributed by atoms with Gasteiger partial charge in [0.05, 0.1) is 5.75 Å². The molecule has 1 aromatic rings. The summed E-state index contributed by atoms with van der Waals surface area (Å²) in [7, 11) is -3.14. The molecule has 0 aliphatic rings. The molecule has 0 aromatic carbocycles. The molecular weight excluding hydrogens is 218 g/mol. The molecule has 1 rings (SSSR count). The second-order valence-corrected chi connectivity index (χ2v) is 6.47. The molecule has 0 spiro atoms. The minimum Gasteiger partial charge on any atom is -0.327 e. The lowest BCUT2D eigenvalue weighted by Gasteiger charge is -2.09. The van der Waals surface area contributed by atoms with Gasteiger partial charge in [-0.15, -0.1) is 11.3 Å². The van der Waals surface area contributed by atoms with Crippen molar-refractivity contribution in [2.24, 2.45) is 5.73 Å². The third-order valence-electron chi connectivity index (χ3n) is 1.89. The predicted octanol–water partition coefficient (Wildman–Crippen LogP) is 1.65. The molecular formula is C9H15NO2S2. The Bertz CT molecular complexity index is 356. The van der Waals surface area contributed by atoms with Gasteiger partial charge in [0, 0.05) is 6.04 Å². The second-order valence-electron chi connectivity index (χ2n) is 3.26. The van der Waals surface area contributed by atoms with Crippen molar-refractivity contribution in [2.75, 3.05) is 5.75 Å². The van der Waals surface area contributed by atoms with Crippen LogP contribution in [0.1, 0.15) is 19.8 Å². The van der Waals surface area contributed by atoms with E-state index >= 15 is 0 Å². The van der Waals surface area contributed by atoms with Crippen LogP contribution in [0.15, 0.2) is 21.7 Å². The summed E-state index contributed by atoms with van der Waals surface area (Å²) in [6.07, 6.45) is 1.67. The summed E-state index contributed by atoms with van der Waals surface area (Å²) in [4.78, 5) is 0. The Morgan fingerprint density at radius 1 is 1.57 bits per heavy atom. The van der Waals surface area contributed by atoms with E-state index in [0.29, 0.717) is 4.21 Å². The summed E-state index contributed by atoms with van der Waals surface area (Å²) in [5, 5.41) is 1.76. The van der Waals surface area contributed by atoms with Crippen LogP contribution in [0.2, 0.25) is 0 Å². The van der Waals surface area contributed by atoms with Crippen LogP contribution in [0.3, 0.4) is 0 Å². The quantitative estimate of drug-likeness (QED) is 0.841. The lowest BCUT2D eigenvalue weighted by Crippen LogP contribution is -2.29. The Hall–Kier alpha value is -0.390. The van der Waals surface area contributed by atoms with Crippen LogP contribution >= 0.6 is 11.3 Å². The fourth-order valence-electron chi connectivity index (χ4n) is 1.26. The van der Waals surface area contributed by atoms with Crippen LogP contribution in [0.25, 0.3) is 0 Å². The smallest absolute Gasteiger partial charge is 0.189 e. The predicted molar refractivity (Wildman–Crippen MR) is 59.3 cm³/mol. The molecule has 5 heteroatoms. The largest absolute Gasteiger partial charge is 0.327 e. The molecule has 2 N–H and O–H groups in total. The lowest BCUT2D eigenvalue weighted by atomic mass is 10.2. The van der Waals surface area contributed by atoms with E-state index in [4.69, 9.17) is 5.73 Å². The van der Waals surface area contributed by atoms with Crippen molar-refractivity contribution in [3.8, 4) is 0 Å². The van der Waals surface area contributed by atoms with Gasteiger partial charge in [-0.3, -0.25) is 0 Å². The van der Waals surface area contributed by atoms with Gasteiger partial charge in [-0.05, 0) is 17.9 Å². The van der Waals surface area contributed by atoms with Gasteiger partial charge in [0.15, 0.2) is 9.84 Å². The van der Waals surface area contributed by atoms with E-state index in [9.17, 15) is 8.42 Å². The maximum atomic E-state index is 11.7. The third-order valence-corrected chi connectivity index (χ3v) is 5.22. The first kappa shape index (κ1) is 11.7. The second kappa shape index (κ2) is 4.91. The summed E-state index contributed by atoms with van der Waals surface area (Å²) in [6.45, 7) is 2.00. The molecule has 3 nitrogen and oxygen atoms in total. The van der Waals surface area contributed by atoms with E-state index in [1.54, 1.807) is 17.5 Å². The van der Waals surface area contributed by atoms with Crippen molar-refractivity contribution >= 4 is 21.2 Å². The van der Waals surface area contributed by atoms with E-state index in [-0.39, 0.29) is 11.8 Å². The van der Waals surface area contributed by atoms with Crippen molar-refractivity contribution in [2.45, 2.75) is 30.0 Å². The van der Waals surface area contributed by atoms with Gasteiger partial charge in [0.1, 0.15) is 4.21 Å². The molecule has 0 amide bonds. The molecule has 0 aliphatic heterocycles. The van der Waals surface area contributed by atoms with Crippen LogP contribution in [-0.4, -0.2) is 20.2 Å². The van der Waals surface area contributed by atoms with Crippen molar-refractivity contribution in [1.82, 2.24) is 0 Å². The molecule has 1 aromatic heterocycles. The Balaban J connectivity index is 2.68. The summed E-state index contributed by atoms with van der Waals surface area (Å²) < 4.78 is 23.8. The zero-order chi connectivity index (χ0) is 10.6. The number of hydrogen-bond acceptors (Lipinski definition) is 4. The summed E-state index contributed by atoms with van der Waals surface area (Å²) in [6, 6.07) is 3.12. The van der Waals surface area contributed by atoms with Gasteiger partial charge in [-0.2, -0.15) is 0 Å². The fourth-order valence-corrected chi connectivity index (χ4v) is 3.84. The highest BCUT2D eigenvalue weighted by Crippen LogP contribution is 2.18. The average Bonchev–Trinajstić information content (AvgIpc) is 2.54. The highest BCUT2D eigenvalue weighted by atomic mass is 32.2. The Morgan fingerprint density at radius 2 is 2.29 bits per heavy atom. The van der Waals surface area contributed by atoms with Crippen molar-refractivity contribution < 1.29 is 8.42 Å². The summed E-state index contributed by atoms with van der Waals surface area (Å²) >= 11 is 1.25. The maximum absolute atomic E-state index is 11.7. The van der Waals surface area contributed by atoms with Crippen LogP contribution in [0, 0.1) is 0 Å². The molecule has 1 unspecified atom stereocenters. The van der Waals surface area contributed by atoms with Gasteiger partial charge < -0.3 is 5.73 Å². The van der Waals surface area contributed by atoms with Crippen LogP contribution in [0.4, 0.5) is 0 Å². The summed E-state index contributed by atoms with van der Waals surface area (Å²) in [5.74, 6) is 0.0569. The number of hydrogen-bond donors (Lipinski definition) is 1. The third kappa shape index (κ3) is 3.08. The first-order valence-electron chi connectivity index (χ1n) is 4.58. The molecule has 0 saturated heterocycles. The summed E-state index contributed by atoms with van der Waals surface area (Å²) in [5.41, 5.74) is 5.70. The maximum Gasteiger partial charge on any atom is 0.189 e. The van der Waals surface area contributed by atoms with E-state index < -0.39 is 9.84 Å². The van der Waals surface area contributed by atoms with E-state index in [1.807, 2.05) is 6.92 Å². The highest BCUT2D eigenvalue weighted by Gasteiger charge is 2.18. The highest BCUT2D eigenvalue weighted by molar-refractivity contribution is 7.93. The van der Waals surface area contributed by atoms with Crippen molar-refractivity contribution in [3.63, 3.8) is 0 Å². The van der Waals surface area contributed by atoms with Gasteiger partial charge in [-0.25, -0.2) is 8.42 Å². The Kier molecular flexibility index (Phi) is 4.10. The molecule has 0 fully saturated rings. The van der Waals surface area contributed by atoms with E-state index in [0.717, 1.165) is 12.8 Å². The Morgan fingerprint density at radius 3 is 2.79 bits per heavy atom. The van der Waals surface area contributed by atoms with Crippen LogP contribution in [-0.2, 0) is 9.84 Å². The Labute approximate surface area is 88.9 Å². The molecule has 1 heterocycles. The standard InChI is InChI=1S/C9H15NO2S2/c1-2-4-8(10)7-14(11,12)9-5-3-6-13-9/h3,5-6,8H,2,4,7,10H2,1H3. The zero-order valence-electron chi connectivity index (χ0n) is 8.14. The molecule has 80 valence electrons. The van der Waals surface area contributed by atoms with E-state index in [1.165, 1.54) is 11.3 Å². The van der Waals surface area contributed by atoms with Gasteiger partial charge >= 0.3 is 0 Å². The minimum absolute atomic E-state index is 0.0569. The zero-order valence-corrected chi connectivity index (χ0v) is 9.77. The number of thiophene rings is 1. The number of sulfone groups is 1. The van der Waals surface area contributed by atoms with Crippen molar-refractivity contribution in [3.05, 3.63) is 17.5 Å². The van der Waals surface area contributed by atoms with E-state index in [2.05, 4.69) is 0 Å². The monoisotopic (exact) mass is 233 g/mol. The first-order valence-corrected chi connectivity index (χ1v) is 7.11.